The van der Waals surface area contributed by atoms with Gasteiger partial charge >= 0.3 is 0 Å². The second kappa shape index (κ2) is 12.0. The monoisotopic (exact) mass is 646 g/mol. The van der Waals surface area contributed by atoms with Gasteiger partial charge in [-0.1, -0.05) is 187 Å². The Morgan fingerprint density at radius 1 is 0.560 bits per heavy atom. The topological polar surface area (TPSA) is 0 Å². The summed E-state index contributed by atoms with van der Waals surface area (Å²) in [5.41, 5.74) is 15.3. The Hall–Kier alpha value is -5.20. The summed E-state index contributed by atoms with van der Waals surface area (Å²) in [6, 6.07) is 49.8. The molecule has 0 aliphatic heterocycles. The fraction of sp³-hybridized carbons (Fsp3) is 0.200. The third-order valence-corrected chi connectivity index (χ3v) is 11.0. The van der Waals surface area contributed by atoms with E-state index in [1.807, 2.05) is 0 Å². The number of benzene rings is 5. The van der Waals surface area contributed by atoms with Gasteiger partial charge in [0.15, 0.2) is 0 Å². The molecule has 0 saturated heterocycles. The van der Waals surface area contributed by atoms with Gasteiger partial charge in [-0.3, -0.25) is 0 Å². The maximum atomic E-state index is 2.55. The van der Waals surface area contributed by atoms with Crippen LogP contribution in [-0.4, -0.2) is 0 Å². The van der Waals surface area contributed by atoms with E-state index in [1.165, 1.54) is 77.3 Å². The minimum Gasteiger partial charge on any atom is -0.0801 e. The summed E-state index contributed by atoms with van der Waals surface area (Å²) in [5.74, 6) is 0. The van der Waals surface area contributed by atoms with Crippen LogP contribution in [0.25, 0.3) is 33.9 Å². The predicted molar refractivity (Wildman–Crippen MR) is 214 cm³/mol. The van der Waals surface area contributed by atoms with Crippen molar-refractivity contribution < 1.29 is 0 Å². The first kappa shape index (κ1) is 32.0. The van der Waals surface area contributed by atoms with Crippen LogP contribution in [0.1, 0.15) is 70.2 Å². The molecule has 3 aliphatic carbocycles. The molecular weight excluding hydrogens is 601 g/mol. The van der Waals surface area contributed by atoms with Crippen molar-refractivity contribution in [2.24, 2.45) is 5.41 Å². The van der Waals surface area contributed by atoms with Crippen LogP contribution in [0.15, 0.2) is 168 Å². The summed E-state index contributed by atoms with van der Waals surface area (Å²) in [5, 5.41) is 2.65. The van der Waals surface area contributed by atoms with E-state index in [0.29, 0.717) is 0 Å². The Bertz CT molecular complexity index is 2350. The third kappa shape index (κ3) is 4.96. The molecule has 0 radical (unpaired) electrons. The highest BCUT2D eigenvalue weighted by Gasteiger charge is 2.55. The van der Waals surface area contributed by atoms with Crippen LogP contribution in [0.4, 0.5) is 0 Å². The van der Waals surface area contributed by atoms with Crippen molar-refractivity contribution >= 4 is 22.8 Å². The van der Waals surface area contributed by atoms with Crippen molar-refractivity contribution in [3.63, 3.8) is 0 Å². The van der Waals surface area contributed by atoms with E-state index < -0.39 is 5.41 Å². The van der Waals surface area contributed by atoms with E-state index >= 15 is 0 Å². The number of hydrogen-bond donors (Lipinski definition) is 0. The summed E-state index contributed by atoms with van der Waals surface area (Å²) in [4.78, 5) is 0. The standard InChI is InChI=1S/C50H46/c1-48(2,3)40-31-38-32-42-45(43(38)41(33-40)34-21-11-7-12-22-34)44(35-23-13-8-14-24-35)47(37-25-15-9-16-26-37)50(49(4,5)6,39-29-17-10-18-30-39)46(42)36-27-19-20-28-36/h7-27,29-33H,28H2,1-6H3. The van der Waals surface area contributed by atoms with Gasteiger partial charge < -0.3 is 0 Å². The van der Waals surface area contributed by atoms with Crippen molar-refractivity contribution in [2.45, 2.75) is 58.8 Å². The molecule has 246 valence electrons. The molecule has 50 heavy (non-hydrogen) atoms. The second-order valence-corrected chi connectivity index (χ2v) is 16.1. The molecule has 0 N–H and O–H groups in total. The van der Waals surface area contributed by atoms with Crippen LogP contribution in [0.2, 0.25) is 0 Å². The zero-order valence-electron chi connectivity index (χ0n) is 30.2. The zero-order chi connectivity index (χ0) is 34.7. The van der Waals surface area contributed by atoms with Gasteiger partial charge in [0.1, 0.15) is 0 Å². The molecule has 0 aromatic heterocycles. The van der Waals surface area contributed by atoms with Gasteiger partial charge in [-0.05, 0) is 107 Å². The molecule has 0 bridgehead atoms. The van der Waals surface area contributed by atoms with E-state index in [2.05, 4.69) is 199 Å². The Morgan fingerprint density at radius 3 is 1.66 bits per heavy atom. The third-order valence-electron chi connectivity index (χ3n) is 11.0. The molecule has 0 saturated carbocycles. The van der Waals surface area contributed by atoms with E-state index in [9.17, 15) is 0 Å². The Kier molecular flexibility index (Phi) is 7.68. The Labute approximate surface area is 298 Å². The Balaban J connectivity index is 1.70. The highest BCUT2D eigenvalue weighted by Crippen LogP contribution is 2.65. The first-order valence-corrected chi connectivity index (χ1v) is 18.1. The van der Waals surface area contributed by atoms with Crippen molar-refractivity contribution in [2.75, 3.05) is 0 Å². The first-order valence-electron chi connectivity index (χ1n) is 18.1. The average Bonchev–Trinajstić information content (AvgIpc) is 3.79. The van der Waals surface area contributed by atoms with Crippen LogP contribution in [0.3, 0.4) is 0 Å². The molecule has 5 aromatic rings. The van der Waals surface area contributed by atoms with Crippen LogP contribution < -0.4 is 10.4 Å². The van der Waals surface area contributed by atoms with Gasteiger partial charge in [-0.15, -0.1) is 0 Å². The quantitative estimate of drug-likeness (QED) is 0.178. The highest BCUT2D eigenvalue weighted by molar-refractivity contribution is 6.23. The molecule has 1 atom stereocenters. The van der Waals surface area contributed by atoms with Crippen LogP contribution in [-0.2, 0) is 10.8 Å². The molecule has 0 spiro atoms. The summed E-state index contributed by atoms with van der Waals surface area (Å²) in [6.07, 6.45) is 10.4. The number of fused-ring (bicyclic) bond motifs is 2. The minimum atomic E-state index is -0.476. The molecule has 8 rings (SSSR count). The van der Waals surface area contributed by atoms with Crippen LogP contribution in [0.5, 0.6) is 0 Å². The maximum Gasteiger partial charge on any atom is 0.0520 e. The van der Waals surface area contributed by atoms with Gasteiger partial charge in [0.2, 0.25) is 0 Å². The van der Waals surface area contributed by atoms with Gasteiger partial charge in [-0.2, -0.15) is 0 Å². The average molecular weight is 647 g/mol. The fourth-order valence-corrected chi connectivity index (χ4v) is 8.86. The maximum absolute atomic E-state index is 2.55. The van der Waals surface area contributed by atoms with Crippen molar-refractivity contribution in [3.05, 3.63) is 201 Å². The minimum absolute atomic E-state index is 0.00749. The smallest absolute Gasteiger partial charge is 0.0520 e. The lowest BCUT2D eigenvalue weighted by Crippen LogP contribution is -2.46. The summed E-state index contributed by atoms with van der Waals surface area (Å²) in [7, 11) is 0. The first-order chi connectivity index (χ1) is 24.1. The lowest BCUT2D eigenvalue weighted by molar-refractivity contribution is 0.288. The molecule has 1 unspecified atom stereocenters. The molecule has 0 heteroatoms. The number of hydrogen-bond acceptors (Lipinski definition) is 0. The van der Waals surface area contributed by atoms with Crippen molar-refractivity contribution in [1.29, 1.82) is 0 Å². The highest BCUT2D eigenvalue weighted by atomic mass is 14.6. The molecule has 3 aliphatic rings. The van der Waals surface area contributed by atoms with Crippen molar-refractivity contribution in [1.82, 2.24) is 0 Å². The second-order valence-electron chi connectivity index (χ2n) is 16.1. The van der Waals surface area contributed by atoms with Gasteiger partial charge in [0.05, 0.1) is 5.41 Å². The van der Waals surface area contributed by atoms with Crippen LogP contribution >= 0.6 is 0 Å². The predicted octanol–water partition coefficient (Wildman–Crippen LogP) is 11.4. The van der Waals surface area contributed by atoms with E-state index in [0.717, 1.165) is 6.42 Å². The Morgan fingerprint density at radius 2 is 1.12 bits per heavy atom. The normalized spacial score (nSPS) is 18.6. The number of rotatable bonds is 5. The molecule has 0 amide bonds. The zero-order valence-corrected chi connectivity index (χ0v) is 30.2. The fourth-order valence-electron chi connectivity index (χ4n) is 8.86. The van der Waals surface area contributed by atoms with Crippen LogP contribution in [0, 0.1) is 5.41 Å². The lowest BCUT2D eigenvalue weighted by Gasteiger charge is -2.53. The van der Waals surface area contributed by atoms with Gasteiger partial charge in [-0.25, -0.2) is 0 Å². The van der Waals surface area contributed by atoms with E-state index in [4.69, 9.17) is 0 Å². The summed E-state index contributed by atoms with van der Waals surface area (Å²) < 4.78 is 0. The van der Waals surface area contributed by atoms with E-state index in [1.54, 1.807) is 0 Å². The summed E-state index contributed by atoms with van der Waals surface area (Å²) in [6.45, 7) is 14.4. The molecule has 5 aromatic carbocycles. The summed E-state index contributed by atoms with van der Waals surface area (Å²) >= 11 is 0. The SMILES string of the molecule is CC(C)(C)c1cc(-c2ccccc2)c2c(c1)=CC1=C(C3=CC=CC3)C(c3ccccc3)(C(C)(C)C)C(c3ccccc3)=C(c3ccccc3)C=21. The van der Waals surface area contributed by atoms with Crippen molar-refractivity contribution in [3.8, 4) is 11.1 Å². The molecular formula is C50H46. The molecule has 0 heterocycles. The number of allylic oxidation sites excluding steroid dienone is 8. The molecule has 0 nitrogen and oxygen atoms in total. The van der Waals surface area contributed by atoms with Gasteiger partial charge in [0.25, 0.3) is 0 Å². The van der Waals surface area contributed by atoms with E-state index in [-0.39, 0.29) is 10.8 Å². The van der Waals surface area contributed by atoms with Gasteiger partial charge in [0, 0.05) is 0 Å². The largest absolute Gasteiger partial charge is 0.0801 e. The lowest BCUT2D eigenvalue weighted by atomic mass is 9.48. The molecule has 0 fully saturated rings.